The molecule has 2 heterocycles. The number of carbonyl (C=O) groups is 3. The average Bonchev–Trinajstić information content (AvgIpc) is 2.97. The number of aromatic nitrogens is 1. The van der Waals surface area contributed by atoms with Crippen LogP contribution in [0.15, 0.2) is 12.3 Å². The second kappa shape index (κ2) is 4.64. The van der Waals surface area contributed by atoms with Crippen molar-refractivity contribution in [1.82, 2.24) is 9.88 Å². The SMILES string of the molecule is CC(=O)c1c[nH]c(C(=O)N2CCC[C@H]2C(=O)O)c1. The summed E-state index contributed by atoms with van der Waals surface area (Å²) in [5.74, 6) is -1.49. The van der Waals surface area contributed by atoms with Gasteiger partial charge in [-0.05, 0) is 25.8 Å². The number of carbonyl (C=O) groups excluding carboxylic acids is 2. The molecule has 0 bridgehead atoms. The van der Waals surface area contributed by atoms with Crippen molar-refractivity contribution in [2.45, 2.75) is 25.8 Å². The first kappa shape index (κ1) is 12.3. The molecule has 0 aliphatic carbocycles. The van der Waals surface area contributed by atoms with Gasteiger partial charge in [0.05, 0.1) is 0 Å². The number of aromatic amines is 1. The minimum absolute atomic E-state index is 0.137. The van der Waals surface area contributed by atoms with Crippen LogP contribution < -0.4 is 0 Å². The number of carboxylic acids is 1. The topological polar surface area (TPSA) is 90.5 Å². The van der Waals surface area contributed by atoms with E-state index in [1.165, 1.54) is 24.1 Å². The molecule has 1 aromatic rings. The van der Waals surface area contributed by atoms with Crippen molar-refractivity contribution in [2.24, 2.45) is 0 Å². The largest absolute Gasteiger partial charge is 0.480 e. The minimum atomic E-state index is -0.987. The summed E-state index contributed by atoms with van der Waals surface area (Å²) < 4.78 is 0. The van der Waals surface area contributed by atoms with Crippen molar-refractivity contribution in [2.75, 3.05) is 6.54 Å². The highest BCUT2D eigenvalue weighted by atomic mass is 16.4. The lowest BCUT2D eigenvalue weighted by atomic mass is 10.2. The van der Waals surface area contributed by atoms with Crippen LogP contribution in [0.3, 0.4) is 0 Å². The number of Topliss-reactive ketones (excluding diaryl/α,β-unsaturated/α-hetero) is 1. The molecule has 18 heavy (non-hydrogen) atoms. The van der Waals surface area contributed by atoms with Crippen LogP contribution in [-0.4, -0.2) is 45.2 Å². The fraction of sp³-hybridized carbons (Fsp3) is 0.417. The monoisotopic (exact) mass is 250 g/mol. The second-order valence-electron chi connectivity index (χ2n) is 4.35. The molecule has 0 spiro atoms. The number of nitrogens with zero attached hydrogens (tertiary/aromatic N) is 1. The average molecular weight is 250 g/mol. The first-order chi connectivity index (χ1) is 8.50. The van der Waals surface area contributed by atoms with Crippen LogP contribution in [0.1, 0.15) is 40.6 Å². The van der Waals surface area contributed by atoms with Gasteiger partial charge in [0.15, 0.2) is 5.78 Å². The third-order valence-corrected chi connectivity index (χ3v) is 3.12. The van der Waals surface area contributed by atoms with Gasteiger partial charge in [-0.2, -0.15) is 0 Å². The second-order valence-corrected chi connectivity index (χ2v) is 4.35. The molecule has 1 aliphatic heterocycles. The summed E-state index contributed by atoms with van der Waals surface area (Å²) in [6.07, 6.45) is 2.62. The molecule has 96 valence electrons. The van der Waals surface area contributed by atoms with E-state index in [4.69, 9.17) is 5.11 Å². The van der Waals surface area contributed by atoms with E-state index in [1.54, 1.807) is 0 Å². The van der Waals surface area contributed by atoms with Gasteiger partial charge in [0.25, 0.3) is 5.91 Å². The van der Waals surface area contributed by atoms with Crippen LogP contribution in [0, 0.1) is 0 Å². The molecule has 2 rings (SSSR count). The predicted octanol–water partition coefficient (Wildman–Crippen LogP) is 0.907. The van der Waals surface area contributed by atoms with E-state index >= 15 is 0 Å². The van der Waals surface area contributed by atoms with E-state index in [1.807, 2.05) is 0 Å². The summed E-state index contributed by atoms with van der Waals surface area (Å²) in [5.41, 5.74) is 0.678. The van der Waals surface area contributed by atoms with Crippen LogP contribution in [0.25, 0.3) is 0 Å². The highest BCUT2D eigenvalue weighted by Crippen LogP contribution is 2.20. The molecule has 0 aromatic carbocycles. The molecule has 1 fully saturated rings. The Labute approximate surface area is 104 Å². The maximum Gasteiger partial charge on any atom is 0.326 e. The van der Waals surface area contributed by atoms with Crippen molar-refractivity contribution in [3.63, 3.8) is 0 Å². The number of nitrogens with one attached hydrogen (secondary N) is 1. The molecular weight excluding hydrogens is 236 g/mol. The maximum atomic E-state index is 12.1. The number of likely N-dealkylation sites (tertiary alicyclic amines) is 1. The number of aliphatic carboxylic acids is 1. The lowest BCUT2D eigenvalue weighted by Crippen LogP contribution is -2.40. The highest BCUT2D eigenvalue weighted by Gasteiger charge is 2.34. The lowest BCUT2D eigenvalue weighted by molar-refractivity contribution is -0.141. The Balaban J connectivity index is 2.20. The Morgan fingerprint density at radius 2 is 2.17 bits per heavy atom. The predicted molar refractivity (Wildman–Crippen MR) is 62.5 cm³/mol. The smallest absolute Gasteiger partial charge is 0.326 e. The summed E-state index contributed by atoms with van der Waals surface area (Å²) in [4.78, 5) is 38.3. The summed E-state index contributed by atoms with van der Waals surface area (Å²) in [6.45, 7) is 1.84. The Morgan fingerprint density at radius 3 is 2.72 bits per heavy atom. The van der Waals surface area contributed by atoms with E-state index in [-0.39, 0.29) is 17.4 Å². The molecule has 6 heteroatoms. The molecule has 1 aliphatic rings. The Kier molecular flexibility index (Phi) is 3.18. The van der Waals surface area contributed by atoms with Crippen molar-refractivity contribution >= 4 is 17.7 Å². The Morgan fingerprint density at radius 1 is 1.44 bits per heavy atom. The molecule has 0 radical (unpaired) electrons. The van der Waals surface area contributed by atoms with Crippen LogP contribution in [-0.2, 0) is 4.79 Å². The standard InChI is InChI=1S/C12H14N2O4/c1-7(15)8-5-9(13-6-8)11(16)14-4-2-3-10(14)12(17)18/h5-6,10,13H,2-4H2,1H3,(H,17,18)/t10-/m0/s1. The number of H-pyrrole nitrogens is 1. The van der Waals surface area contributed by atoms with E-state index in [9.17, 15) is 14.4 Å². The van der Waals surface area contributed by atoms with Gasteiger partial charge in [-0.3, -0.25) is 9.59 Å². The van der Waals surface area contributed by atoms with Gasteiger partial charge >= 0.3 is 5.97 Å². The van der Waals surface area contributed by atoms with Crippen LogP contribution >= 0.6 is 0 Å². The number of hydrogen-bond acceptors (Lipinski definition) is 3. The molecule has 1 amide bonds. The number of rotatable bonds is 3. The van der Waals surface area contributed by atoms with E-state index < -0.39 is 12.0 Å². The molecule has 0 unspecified atom stereocenters. The molecule has 6 nitrogen and oxygen atoms in total. The lowest BCUT2D eigenvalue weighted by Gasteiger charge is -2.20. The molecule has 0 saturated carbocycles. The van der Waals surface area contributed by atoms with E-state index in [0.29, 0.717) is 24.9 Å². The molecule has 1 atom stereocenters. The van der Waals surface area contributed by atoms with Crippen molar-refractivity contribution < 1.29 is 19.5 Å². The first-order valence-corrected chi connectivity index (χ1v) is 5.74. The zero-order chi connectivity index (χ0) is 13.3. The van der Waals surface area contributed by atoms with Crippen molar-refractivity contribution in [1.29, 1.82) is 0 Å². The molecule has 1 aromatic heterocycles. The summed E-state index contributed by atoms with van der Waals surface area (Å²) in [5, 5.41) is 9.01. The zero-order valence-corrected chi connectivity index (χ0v) is 9.97. The number of carboxylic acid groups (broad SMARTS) is 1. The quantitative estimate of drug-likeness (QED) is 0.780. The van der Waals surface area contributed by atoms with Gasteiger partial charge < -0.3 is 15.0 Å². The summed E-state index contributed by atoms with van der Waals surface area (Å²) in [6, 6.07) is 0.698. The van der Waals surface area contributed by atoms with Crippen LogP contribution in [0.4, 0.5) is 0 Å². The minimum Gasteiger partial charge on any atom is -0.480 e. The van der Waals surface area contributed by atoms with Gasteiger partial charge in [-0.25, -0.2) is 4.79 Å². The third-order valence-electron chi connectivity index (χ3n) is 3.12. The Hall–Kier alpha value is -2.11. The van der Waals surface area contributed by atoms with Gasteiger partial charge in [0.1, 0.15) is 11.7 Å². The fourth-order valence-electron chi connectivity index (χ4n) is 2.14. The normalized spacial score (nSPS) is 18.9. The Bertz CT molecular complexity index is 506. The highest BCUT2D eigenvalue weighted by molar-refractivity contribution is 6.00. The third kappa shape index (κ3) is 2.13. The van der Waals surface area contributed by atoms with Gasteiger partial charge in [0.2, 0.25) is 0 Å². The first-order valence-electron chi connectivity index (χ1n) is 5.74. The molecule has 1 saturated heterocycles. The van der Waals surface area contributed by atoms with E-state index in [0.717, 1.165) is 0 Å². The number of amides is 1. The van der Waals surface area contributed by atoms with Gasteiger partial charge in [-0.15, -0.1) is 0 Å². The fourth-order valence-corrected chi connectivity index (χ4v) is 2.14. The number of hydrogen-bond donors (Lipinski definition) is 2. The molecular formula is C12H14N2O4. The summed E-state index contributed by atoms with van der Waals surface area (Å²) in [7, 11) is 0. The van der Waals surface area contributed by atoms with Crippen molar-refractivity contribution in [3.8, 4) is 0 Å². The van der Waals surface area contributed by atoms with Gasteiger partial charge in [0, 0.05) is 18.3 Å². The maximum absolute atomic E-state index is 12.1. The van der Waals surface area contributed by atoms with Gasteiger partial charge in [-0.1, -0.05) is 0 Å². The number of ketones is 1. The van der Waals surface area contributed by atoms with Crippen molar-refractivity contribution in [3.05, 3.63) is 23.5 Å². The van der Waals surface area contributed by atoms with E-state index in [2.05, 4.69) is 4.98 Å². The molecule has 2 N–H and O–H groups in total. The van der Waals surface area contributed by atoms with Crippen LogP contribution in [0.5, 0.6) is 0 Å². The summed E-state index contributed by atoms with van der Waals surface area (Å²) >= 11 is 0. The van der Waals surface area contributed by atoms with Crippen LogP contribution in [0.2, 0.25) is 0 Å². The zero-order valence-electron chi connectivity index (χ0n) is 9.97.